The van der Waals surface area contributed by atoms with Gasteiger partial charge in [-0.05, 0) is 0 Å². The Hall–Kier alpha value is -0.850. The lowest BCUT2D eigenvalue weighted by molar-refractivity contribution is -0.137. The maximum Gasteiger partial charge on any atom is 0.242 e. The van der Waals surface area contributed by atoms with Crippen LogP contribution in [-0.4, -0.2) is 58.2 Å². The molecular formula is C10H17N2O5PS. The Balaban J connectivity index is 2.42. The lowest BCUT2D eigenvalue weighted by Crippen LogP contribution is -2.34. The van der Waals surface area contributed by atoms with Crippen molar-refractivity contribution in [1.82, 2.24) is 10.2 Å². The highest BCUT2D eigenvalue weighted by Gasteiger charge is 2.37. The SMILES string of the molecule is CC(=O)NCCP(=O)(O)CCN1C(=O)CC(S)C1=O. The molecule has 0 bridgehead atoms. The van der Waals surface area contributed by atoms with Gasteiger partial charge in [0.15, 0.2) is 0 Å². The second-order valence-electron chi connectivity index (χ2n) is 4.38. The second kappa shape index (κ2) is 6.54. The maximum atomic E-state index is 11.8. The number of rotatable bonds is 6. The maximum absolute atomic E-state index is 11.8. The molecule has 2 unspecified atom stereocenters. The summed E-state index contributed by atoms with van der Waals surface area (Å²) >= 11 is 3.96. The number of imide groups is 1. The summed E-state index contributed by atoms with van der Waals surface area (Å²) in [5, 5.41) is 1.78. The van der Waals surface area contributed by atoms with Crippen LogP contribution in [0.1, 0.15) is 13.3 Å². The highest BCUT2D eigenvalue weighted by atomic mass is 32.1. The van der Waals surface area contributed by atoms with Gasteiger partial charge in [-0.1, -0.05) is 0 Å². The van der Waals surface area contributed by atoms with Crippen LogP contribution in [-0.2, 0) is 18.9 Å². The zero-order valence-corrected chi connectivity index (χ0v) is 12.3. The van der Waals surface area contributed by atoms with Crippen LogP contribution in [0.3, 0.4) is 0 Å². The summed E-state index contributed by atoms with van der Waals surface area (Å²) in [6, 6.07) is 0. The number of thiol groups is 1. The predicted molar refractivity (Wildman–Crippen MR) is 72.4 cm³/mol. The largest absolute Gasteiger partial charge is 0.356 e. The molecule has 0 aromatic carbocycles. The van der Waals surface area contributed by atoms with E-state index in [1.165, 1.54) is 6.92 Å². The molecule has 1 saturated heterocycles. The van der Waals surface area contributed by atoms with Gasteiger partial charge in [0.25, 0.3) is 0 Å². The summed E-state index contributed by atoms with van der Waals surface area (Å²) in [5.41, 5.74) is 0. The number of hydrogen-bond acceptors (Lipinski definition) is 5. The van der Waals surface area contributed by atoms with Gasteiger partial charge >= 0.3 is 0 Å². The Labute approximate surface area is 116 Å². The molecule has 2 atom stereocenters. The van der Waals surface area contributed by atoms with E-state index < -0.39 is 18.5 Å². The van der Waals surface area contributed by atoms with Gasteiger partial charge in [0.1, 0.15) is 0 Å². The number of carbonyl (C=O) groups excluding carboxylic acids is 3. The molecule has 108 valence electrons. The van der Waals surface area contributed by atoms with Gasteiger partial charge in [-0.25, -0.2) is 0 Å². The van der Waals surface area contributed by atoms with Gasteiger partial charge in [0.2, 0.25) is 25.1 Å². The predicted octanol–water partition coefficient (Wildman–Crippen LogP) is -0.550. The highest BCUT2D eigenvalue weighted by Crippen LogP contribution is 2.39. The van der Waals surface area contributed by atoms with Crippen LogP contribution in [0.4, 0.5) is 0 Å². The van der Waals surface area contributed by atoms with Crippen molar-refractivity contribution >= 4 is 37.7 Å². The summed E-state index contributed by atoms with van der Waals surface area (Å²) < 4.78 is 11.8. The van der Waals surface area contributed by atoms with Gasteiger partial charge < -0.3 is 10.2 Å². The summed E-state index contributed by atoms with van der Waals surface area (Å²) in [7, 11) is -3.46. The molecule has 1 aliphatic heterocycles. The topological polar surface area (TPSA) is 104 Å². The monoisotopic (exact) mass is 308 g/mol. The quantitative estimate of drug-likeness (QED) is 0.347. The summed E-state index contributed by atoms with van der Waals surface area (Å²) in [5.74, 6) is -1.06. The smallest absolute Gasteiger partial charge is 0.242 e. The van der Waals surface area contributed by atoms with E-state index in [0.29, 0.717) is 0 Å². The molecule has 1 aliphatic rings. The van der Waals surface area contributed by atoms with Crippen molar-refractivity contribution in [3.8, 4) is 0 Å². The van der Waals surface area contributed by atoms with Crippen molar-refractivity contribution in [2.45, 2.75) is 18.6 Å². The molecule has 1 heterocycles. The first-order chi connectivity index (χ1) is 8.73. The van der Waals surface area contributed by atoms with Crippen molar-refractivity contribution in [3.63, 3.8) is 0 Å². The summed E-state index contributed by atoms with van der Waals surface area (Å²) in [4.78, 5) is 44.2. The van der Waals surface area contributed by atoms with Crippen molar-refractivity contribution < 1.29 is 23.8 Å². The minimum Gasteiger partial charge on any atom is -0.356 e. The first-order valence-corrected chi connectivity index (χ1v) is 8.35. The average molecular weight is 308 g/mol. The first-order valence-electron chi connectivity index (χ1n) is 5.80. The molecule has 2 N–H and O–H groups in total. The van der Waals surface area contributed by atoms with Gasteiger partial charge in [-0.3, -0.25) is 23.8 Å². The number of nitrogens with one attached hydrogen (secondary N) is 1. The fraction of sp³-hybridized carbons (Fsp3) is 0.700. The third-order valence-corrected chi connectivity index (χ3v) is 4.95. The zero-order valence-electron chi connectivity index (χ0n) is 10.5. The normalized spacial score (nSPS) is 22.5. The number of likely N-dealkylation sites (tertiary alicyclic amines) is 1. The van der Waals surface area contributed by atoms with Gasteiger partial charge in [0.05, 0.1) is 5.25 Å². The Morgan fingerprint density at radius 1 is 1.53 bits per heavy atom. The van der Waals surface area contributed by atoms with E-state index in [9.17, 15) is 23.8 Å². The molecular weight excluding hydrogens is 291 g/mol. The zero-order chi connectivity index (χ0) is 14.6. The van der Waals surface area contributed by atoms with E-state index in [1.807, 2.05) is 0 Å². The van der Waals surface area contributed by atoms with E-state index in [-0.39, 0.29) is 43.6 Å². The van der Waals surface area contributed by atoms with Gasteiger partial charge in [-0.2, -0.15) is 12.6 Å². The first kappa shape index (κ1) is 16.2. The Kier molecular flexibility index (Phi) is 5.58. The fourth-order valence-corrected chi connectivity index (χ4v) is 3.17. The lowest BCUT2D eigenvalue weighted by atomic mass is 10.4. The van der Waals surface area contributed by atoms with Crippen LogP contribution in [0.25, 0.3) is 0 Å². The van der Waals surface area contributed by atoms with Crippen molar-refractivity contribution in [2.24, 2.45) is 0 Å². The fourth-order valence-electron chi connectivity index (χ4n) is 1.68. The van der Waals surface area contributed by atoms with E-state index in [2.05, 4.69) is 17.9 Å². The minimum atomic E-state index is -3.46. The van der Waals surface area contributed by atoms with Crippen LogP contribution in [0.15, 0.2) is 0 Å². The minimum absolute atomic E-state index is 0.0313. The lowest BCUT2D eigenvalue weighted by Gasteiger charge is -2.17. The van der Waals surface area contributed by atoms with E-state index in [1.54, 1.807) is 0 Å². The summed E-state index contributed by atoms with van der Waals surface area (Å²) in [6.07, 6.45) is -0.207. The standard InChI is InChI=1S/C10H17N2O5PS/c1-7(13)11-2-4-18(16,17)5-3-12-9(14)6-8(19)10(12)15/h8,19H,2-6H2,1H3,(H,11,13)(H,16,17). The van der Waals surface area contributed by atoms with E-state index in [0.717, 1.165) is 4.90 Å². The molecule has 3 amide bonds. The summed E-state index contributed by atoms with van der Waals surface area (Å²) in [6.45, 7) is 1.33. The van der Waals surface area contributed by atoms with Gasteiger partial charge in [0, 0.05) is 38.8 Å². The molecule has 19 heavy (non-hydrogen) atoms. The molecule has 7 nitrogen and oxygen atoms in total. The third-order valence-electron chi connectivity index (χ3n) is 2.73. The van der Waals surface area contributed by atoms with Gasteiger partial charge in [-0.15, -0.1) is 0 Å². The van der Waals surface area contributed by atoms with E-state index in [4.69, 9.17) is 0 Å². The van der Waals surface area contributed by atoms with Crippen LogP contribution in [0.5, 0.6) is 0 Å². The van der Waals surface area contributed by atoms with E-state index >= 15 is 0 Å². The Morgan fingerprint density at radius 3 is 2.63 bits per heavy atom. The molecule has 1 rings (SSSR count). The molecule has 0 aromatic heterocycles. The van der Waals surface area contributed by atoms with Crippen molar-refractivity contribution in [1.29, 1.82) is 0 Å². The highest BCUT2D eigenvalue weighted by molar-refractivity contribution is 7.81. The molecule has 0 radical (unpaired) electrons. The van der Waals surface area contributed by atoms with Crippen LogP contribution < -0.4 is 5.32 Å². The van der Waals surface area contributed by atoms with Crippen molar-refractivity contribution in [3.05, 3.63) is 0 Å². The average Bonchev–Trinajstić information content (AvgIpc) is 2.50. The molecule has 0 saturated carbocycles. The molecule has 0 spiro atoms. The number of nitrogens with zero attached hydrogens (tertiary/aromatic N) is 1. The number of carbonyl (C=O) groups is 3. The third kappa shape index (κ3) is 4.97. The van der Waals surface area contributed by atoms with Crippen molar-refractivity contribution in [2.75, 3.05) is 25.4 Å². The molecule has 0 aromatic rings. The van der Waals surface area contributed by atoms with Crippen LogP contribution in [0.2, 0.25) is 0 Å². The number of amides is 3. The van der Waals surface area contributed by atoms with Crippen LogP contribution >= 0.6 is 20.0 Å². The second-order valence-corrected chi connectivity index (χ2v) is 7.59. The Morgan fingerprint density at radius 2 is 2.16 bits per heavy atom. The molecule has 1 fully saturated rings. The molecule has 0 aliphatic carbocycles. The number of hydrogen-bond donors (Lipinski definition) is 3. The molecule has 9 heteroatoms. The van der Waals surface area contributed by atoms with Crippen LogP contribution in [0, 0.1) is 0 Å². The Bertz CT molecular complexity index is 442.